The highest BCUT2D eigenvalue weighted by Gasteiger charge is 2.30. The Bertz CT molecular complexity index is 541. The van der Waals surface area contributed by atoms with E-state index in [1.165, 1.54) is 18.4 Å². The van der Waals surface area contributed by atoms with Gasteiger partial charge in [0.25, 0.3) is 0 Å². The number of amides is 1. The van der Waals surface area contributed by atoms with Gasteiger partial charge in [-0.05, 0) is 50.3 Å². The summed E-state index contributed by atoms with van der Waals surface area (Å²) in [7, 11) is 0. The Morgan fingerprint density at radius 2 is 2.08 bits per heavy atom. The van der Waals surface area contributed by atoms with Gasteiger partial charge < -0.3 is 10.2 Å². The summed E-state index contributed by atoms with van der Waals surface area (Å²) in [4.78, 5) is 17.4. The fourth-order valence-electron chi connectivity index (χ4n) is 4.31. The minimum absolute atomic E-state index is 0.307. The molecule has 3 rings (SSSR count). The summed E-state index contributed by atoms with van der Waals surface area (Å²) in [5.41, 5.74) is 1.35. The minimum atomic E-state index is 0.307. The van der Waals surface area contributed by atoms with E-state index in [1.54, 1.807) is 0 Å². The van der Waals surface area contributed by atoms with Gasteiger partial charge in [0.2, 0.25) is 5.91 Å². The van der Waals surface area contributed by atoms with E-state index in [4.69, 9.17) is 0 Å². The SMILES string of the molecule is CC(CC(=O)N1CCN(Cc2ccccc2)CC1C)C1CCCNC1. The Morgan fingerprint density at radius 3 is 2.76 bits per heavy atom. The molecule has 1 aromatic rings. The number of hydrogen-bond donors (Lipinski definition) is 1. The summed E-state index contributed by atoms with van der Waals surface area (Å²) < 4.78 is 0. The van der Waals surface area contributed by atoms with Gasteiger partial charge in [0.1, 0.15) is 0 Å². The molecule has 1 amide bonds. The molecule has 4 nitrogen and oxygen atoms in total. The summed E-state index contributed by atoms with van der Waals surface area (Å²) in [6.07, 6.45) is 3.22. The van der Waals surface area contributed by atoms with Gasteiger partial charge >= 0.3 is 0 Å². The number of carbonyl (C=O) groups excluding carboxylic acids is 1. The van der Waals surface area contributed by atoms with Gasteiger partial charge in [0.05, 0.1) is 0 Å². The number of piperazine rings is 1. The fraction of sp³-hybridized carbons (Fsp3) is 0.667. The molecule has 0 spiro atoms. The van der Waals surface area contributed by atoms with Crippen molar-refractivity contribution in [1.82, 2.24) is 15.1 Å². The maximum atomic E-state index is 12.8. The maximum Gasteiger partial charge on any atom is 0.223 e. The molecule has 3 atom stereocenters. The molecule has 0 radical (unpaired) electrons. The number of nitrogens with one attached hydrogen (secondary N) is 1. The zero-order valence-electron chi connectivity index (χ0n) is 15.8. The Kier molecular flexibility index (Phi) is 6.49. The van der Waals surface area contributed by atoms with Crippen molar-refractivity contribution in [3.8, 4) is 0 Å². The lowest BCUT2D eigenvalue weighted by Crippen LogP contribution is -2.54. The van der Waals surface area contributed by atoms with Crippen LogP contribution in [0.4, 0.5) is 0 Å². The van der Waals surface area contributed by atoms with Gasteiger partial charge in [0, 0.05) is 38.6 Å². The third kappa shape index (κ3) is 5.05. The van der Waals surface area contributed by atoms with Crippen LogP contribution in [0.5, 0.6) is 0 Å². The van der Waals surface area contributed by atoms with Crippen molar-refractivity contribution in [2.24, 2.45) is 11.8 Å². The molecule has 25 heavy (non-hydrogen) atoms. The molecule has 2 aliphatic rings. The molecule has 138 valence electrons. The highest BCUT2D eigenvalue weighted by Crippen LogP contribution is 2.24. The zero-order valence-corrected chi connectivity index (χ0v) is 15.8. The van der Waals surface area contributed by atoms with Crippen LogP contribution in [-0.4, -0.2) is 54.5 Å². The lowest BCUT2D eigenvalue weighted by molar-refractivity contribution is -0.137. The van der Waals surface area contributed by atoms with Crippen LogP contribution in [0.1, 0.15) is 38.7 Å². The fourth-order valence-corrected chi connectivity index (χ4v) is 4.31. The lowest BCUT2D eigenvalue weighted by Gasteiger charge is -2.41. The maximum absolute atomic E-state index is 12.8. The first kappa shape index (κ1) is 18.4. The van der Waals surface area contributed by atoms with E-state index in [9.17, 15) is 4.79 Å². The number of carbonyl (C=O) groups is 1. The molecule has 3 unspecified atom stereocenters. The van der Waals surface area contributed by atoms with Crippen LogP contribution in [0.25, 0.3) is 0 Å². The molecule has 0 aromatic heterocycles. The van der Waals surface area contributed by atoms with Crippen molar-refractivity contribution in [1.29, 1.82) is 0 Å². The predicted octanol–water partition coefficient (Wildman–Crippen LogP) is 2.75. The molecule has 2 aliphatic heterocycles. The molecule has 1 N–H and O–H groups in total. The summed E-state index contributed by atoms with van der Waals surface area (Å²) in [6.45, 7) is 10.5. The van der Waals surface area contributed by atoms with E-state index in [0.29, 0.717) is 30.2 Å². The second kappa shape index (κ2) is 8.81. The Morgan fingerprint density at radius 1 is 1.28 bits per heavy atom. The molecule has 2 fully saturated rings. The first-order valence-corrected chi connectivity index (χ1v) is 9.90. The largest absolute Gasteiger partial charge is 0.337 e. The van der Waals surface area contributed by atoms with Crippen LogP contribution < -0.4 is 5.32 Å². The van der Waals surface area contributed by atoms with E-state index < -0.39 is 0 Å². The summed E-state index contributed by atoms with van der Waals surface area (Å²) >= 11 is 0. The molecule has 0 bridgehead atoms. The number of piperidine rings is 1. The molecule has 4 heteroatoms. The Hall–Kier alpha value is -1.39. The highest BCUT2D eigenvalue weighted by molar-refractivity contribution is 5.77. The van der Waals surface area contributed by atoms with E-state index in [-0.39, 0.29) is 0 Å². The third-order valence-corrected chi connectivity index (χ3v) is 5.92. The van der Waals surface area contributed by atoms with Gasteiger partial charge in [0.15, 0.2) is 0 Å². The molecule has 1 aromatic carbocycles. The van der Waals surface area contributed by atoms with Gasteiger partial charge in [-0.2, -0.15) is 0 Å². The zero-order chi connectivity index (χ0) is 17.6. The first-order chi connectivity index (χ1) is 12.1. The van der Waals surface area contributed by atoms with Crippen LogP contribution in [0.2, 0.25) is 0 Å². The number of nitrogens with zero attached hydrogens (tertiary/aromatic N) is 2. The van der Waals surface area contributed by atoms with E-state index in [0.717, 1.165) is 39.3 Å². The number of benzene rings is 1. The van der Waals surface area contributed by atoms with Crippen molar-refractivity contribution in [3.63, 3.8) is 0 Å². The predicted molar refractivity (Wildman–Crippen MR) is 102 cm³/mol. The average molecular weight is 344 g/mol. The number of hydrogen-bond acceptors (Lipinski definition) is 3. The average Bonchev–Trinajstić information content (AvgIpc) is 2.63. The Balaban J connectivity index is 1.48. The standard InChI is InChI=1S/C21H33N3O/c1-17(20-9-6-10-22-14-20)13-21(25)24-12-11-23(15-18(24)2)16-19-7-4-3-5-8-19/h3-5,7-8,17-18,20,22H,6,9-16H2,1-2H3. The molecular weight excluding hydrogens is 310 g/mol. The van der Waals surface area contributed by atoms with Gasteiger partial charge in [-0.1, -0.05) is 37.3 Å². The van der Waals surface area contributed by atoms with Gasteiger partial charge in [-0.15, -0.1) is 0 Å². The van der Waals surface area contributed by atoms with E-state index >= 15 is 0 Å². The van der Waals surface area contributed by atoms with Crippen molar-refractivity contribution in [3.05, 3.63) is 35.9 Å². The van der Waals surface area contributed by atoms with Gasteiger partial charge in [-0.3, -0.25) is 9.69 Å². The van der Waals surface area contributed by atoms with Crippen LogP contribution >= 0.6 is 0 Å². The number of rotatable bonds is 5. The second-order valence-electron chi connectivity index (χ2n) is 7.94. The molecule has 2 saturated heterocycles. The van der Waals surface area contributed by atoms with Crippen LogP contribution in [0, 0.1) is 11.8 Å². The van der Waals surface area contributed by atoms with Crippen LogP contribution in [-0.2, 0) is 11.3 Å². The molecule has 0 saturated carbocycles. The van der Waals surface area contributed by atoms with Crippen molar-refractivity contribution < 1.29 is 4.79 Å². The van der Waals surface area contributed by atoms with Crippen molar-refractivity contribution >= 4 is 5.91 Å². The van der Waals surface area contributed by atoms with Crippen LogP contribution in [0.3, 0.4) is 0 Å². The van der Waals surface area contributed by atoms with E-state index in [1.807, 2.05) is 0 Å². The van der Waals surface area contributed by atoms with Crippen molar-refractivity contribution in [2.75, 3.05) is 32.7 Å². The summed E-state index contributed by atoms with van der Waals surface area (Å²) in [5.74, 6) is 1.49. The highest BCUT2D eigenvalue weighted by atomic mass is 16.2. The lowest BCUT2D eigenvalue weighted by atomic mass is 9.85. The first-order valence-electron chi connectivity index (χ1n) is 9.90. The van der Waals surface area contributed by atoms with Crippen molar-refractivity contribution in [2.45, 2.75) is 45.7 Å². The summed E-state index contributed by atoms with van der Waals surface area (Å²) in [5, 5.41) is 3.47. The second-order valence-corrected chi connectivity index (χ2v) is 7.94. The Labute approximate surface area is 152 Å². The minimum Gasteiger partial charge on any atom is -0.337 e. The quantitative estimate of drug-likeness (QED) is 0.893. The normalized spacial score (nSPS) is 26.4. The topological polar surface area (TPSA) is 35.6 Å². The molecule has 0 aliphatic carbocycles. The van der Waals surface area contributed by atoms with E-state index in [2.05, 4.69) is 59.3 Å². The third-order valence-electron chi connectivity index (χ3n) is 5.92. The molecular formula is C21H33N3O. The van der Waals surface area contributed by atoms with Crippen LogP contribution in [0.15, 0.2) is 30.3 Å². The smallest absolute Gasteiger partial charge is 0.223 e. The molecule has 2 heterocycles. The monoisotopic (exact) mass is 343 g/mol. The summed E-state index contributed by atoms with van der Waals surface area (Å²) in [6, 6.07) is 10.9. The van der Waals surface area contributed by atoms with Gasteiger partial charge in [-0.25, -0.2) is 0 Å².